The molecule has 120 valence electrons. The van der Waals surface area contributed by atoms with Crippen LogP contribution in [0, 0.1) is 13.8 Å². The molecule has 3 rings (SSSR count). The Hall–Kier alpha value is -2.14. The summed E-state index contributed by atoms with van der Waals surface area (Å²) in [5.74, 6) is -0.944. The van der Waals surface area contributed by atoms with Gasteiger partial charge >= 0.3 is 5.97 Å². The van der Waals surface area contributed by atoms with Crippen molar-refractivity contribution in [3.05, 3.63) is 46.1 Å². The van der Waals surface area contributed by atoms with Crippen LogP contribution in [0.1, 0.15) is 47.4 Å². The van der Waals surface area contributed by atoms with E-state index in [0.29, 0.717) is 5.69 Å². The molecule has 1 N–H and O–H groups in total. The minimum absolute atomic E-state index is 0.0926. The number of rotatable bonds is 2. The molecule has 2 heterocycles. The SMILES string of the molecule is Cc1nc2sc(C)c(-c3ccc(C(C)(C)C)cc3)n2c1C(=O)O. The van der Waals surface area contributed by atoms with Crippen LogP contribution in [0.4, 0.5) is 0 Å². The van der Waals surface area contributed by atoms with Gasteiger partial charge in [-0.1, -0.05) is 45.0 Å². The molecule has 0 radical (unpaired) electrons. The summed E-state index contributed by atoms with van der Waals surface area (Å²) in [6.45, 7) is 10.3. The van der Waals surface area contributed by atoms with E-state index in [4.69, 9.17) is 0 Å². The predicted molar refractivity (Wildman–Crippen MR) is 93.6 cm³/mol. The number of aromatic carboxylic acids is 1. The van der Waals surface area contributed by atoms with Crippen molar-refractivity contribution in [1.29, 1.82) is 0 Å². The van der Waals surface area contributed by atoms with Crippen LogP contribution < -0.4 is 0 Å². The highest BCUT2D eigenvalue weighted by molar-refractivity contribution is 7.17. The highest BCUT2D eigenvalue weighted by atomic mass is 32.1. The van der Waals surface area contributed by atoms with Crippen LogP contribution in [-0.2, 0) is 5.41 Å². The lowest BCUT2D eigenvalue weighted by Crippen LogP contribution is -2.10. The molecule has 0 unspecified atom stereocenters. The summed E-state index contributed by atoms with van der Waals surface area (Å²) in [5, 5.41) is 9.53. The first-order valence-electron chi connectivity index (χ1n) is 7.53. The Morgan fingerprint density at radius 2 is 1.78 bits per heavy atom. The number of carbonyl (C=O) groups is 1. The second-order valence-corrected chi connectivity index (χ2v) is 7.98. The Morgan fingerprint density at radius 3 is 2.30 bits per heavy atom. The van der Waals surface area contributed by atoms with Gasteiger partial charge in [0.25, 0.3) is 0 Å². The van der Waals surface area contributed by atoms with Crippen molar-refractivity contribution in [2.24, 2.45) is 0 Å². The average molecular weight is 328 g/mol. The molecule has 3 aromatic rings. The van der Waals surface area contributed by atoms with E-state index >= 15 is 0 Å². The summed E-state index contributed by atoms with van der Waals surface area (Å²) in [6.07, 6.45) is 0. The third kappa shape index (κ3) is 2.55. The Morgan fingerprint density at radius 1 is 1.17 bits per heavy atom. The van der Waals surface area contributed by atoms with Gasteiger partial charge in [0.15, 0.2) is 10.7 Å². The molecule has 0 spiro atoms. The van der Waals surface area contributed by atoms with Crippen molar-refractivity contribution < 1.29 is 9.90 Å². The Labute approximate surface area is 139 Å². The number of hydrogen-bond donors (Lipinski definition) is 1. The van der Waals surface area contributed by atoms with Crippen LogP contribution in [-0.4, -0.2) is 20.5 Å². The molecule has 4 nitrogen and oxygen atoms in total. The zero-order valence-electron chi connectivity index (χ0n) is 14.0. The van der Waals surface area contributed by atoms with Gasteiger partial charge in [-0.3, -0.25) is 4.40 Å². The summed E-state index contributed by atoms with van der Waals surface area (Å²) >= 11 is 1.52. The number of aromatic nitrogens is 2. The number of aryl methyl sites for hydroxylation is 2. The minimum Gasteiger partial charge on any atom is -0.477 e. The van der Waals surface area contributed by atoms with Crippen molar-refractivity contribution in [2.45, 2.75) is 40.0 Å². The lowest BCUT2D eigenvalue weighted by Gasteiger charge is -2.19. The molecule has 23 heavy (non-hydrogen) atoms. The van der Waals surface area contributed by atoms with Gasteiger partial charge in [-0.25, -0.2) is 9.78 Å². The lowest BCUT2D eigenvalue weighted by molar-refractivity contribution is 0.0688. The predicted octanol–water partition coefficient (Wildman–Crippen LogP) is 4.68. The summed E-state index contributed by atoms with van der Waals surface area (Å²) in [7, 11) is 0. The van der Waals surface area contributed by atoms with Crippen molar-refractivity contribution in [3.8, 4) is 11.3 Å². The van der Waals surface area contributed by atoms with Crippen molar-refractivity contribution >= 4 is 22.3 Å². The average Bonchev–Trinajstić information content (AvgIpc) is 2.90. The number of carboxylic acid groups (broad SMARTS) is 1. The van der Waals surface area contributed by atoms with E-state index in [1.54, 1.807) is 11.3 Å². The van der Waals surface area contributed by atoms with Gasteiger partial charge in [0.05, 0.1) is 11.4 Å². The second kappa shape index (κ2) is 5.20. The van der Waals surface area contributed by atoms with E-state index in [1.165, 1.54) is 16.9 Å². The standard InChI is InChI=1S/C18H20N2O2S/c1-10-14(16(21)22)20-15(11(2)23-17(20)19-10)12-6-8-13(9-7-12)18(3,4)5/h6-9H,1-5H3,(H,21,22). The topological polar surface area (TPSA) is 54.6 Å². The first-order chi connectivity index (χ1) is 10.7. The molecular formula is C18H20N2O2S. The van der Waals surface area contributed by atoms with E-state index in [2.05, 4.69) is 50.0 Å². The smallest absolute Gasteiger partial charge is 0.354 e. The summed E-state index contributed by atoms with van der Waals surface area (Å²) in [6, 6.07) is 8.36. The van der Waals surface area contributed by atoms with Gasteiger partial charge in [0, 0.05) is 4.88 Å². The summed E-state index contributed by atoms with van der Waals surface area (Å²) in [4.78, 5) is 17.8. The van der Waals surface area contributed by atoms with Gasteiger partial charge in [0.2, 0.25) is 0 Å². The number of imidazole rings is 1. The molecule has 0 bridgehead atoms. The third-order valence-electron chi connectivity index (χ3n) is 4.05. The molecule has 1 aromatic carbocycles. The van der Waals surface area contributed by atoms with E-state index in [-0.39, 0.29) is 11.1 Å². The van der Waals surface area contributed by atoms with Crippen LogP contribution in [0.5, 0.6) is 0 Å². The number of fused-ring (bicyclic) bond motifs is 1. The first kappa shape index (κ1) is 15.7. The van der Waals surface area contributed by atoms with Crippen LogP contribution in [0.15, 0.2) is 24.3 Å². The van der Waals surface area contributed by atoms with Gasteiger partial charge in [-0.15, -0.1) is 11.3 Å². The quantitative estimate of drug-likeness (QED) is 0.743. The van der Waals surface area contributed by atoms with Gasteiger partial charge in [0.1, 0.15) is 0 Å². The van der Waals surface area contributed by atoms with Crippen LogP contribution in [0.25, 0.3) is 16.2 Å². The van der Waals surface area contributed by atoms with E-state index in [9.17, 15) is 9.90 Å². The maximum atomic E-state index is 11.6. The molecule has 0 saturated heterocycles. The largest absolute Gasteiger partial charge is 0.477 e. The van der Waals surface area contributed by atoms with Gasteiger partial charge in [-0.2, -0.15) is 0 Å². The molecule has 0 aliphatic rings. The first-order valence-corrected chi connectivity index (χ1v) is 8.34. The van der Waals surface area contributed by atoms with E-state index in [1.807, 2.05) is 6.92 Å². The molecule has 0 aliphatic heterocycles. The minimum atomic E-state index is -0.944. The lowest BCUT2D eigenvalue weighted by atomic mass is 9.86. The molecule has 0 fully saturated rings. The fourth-order valence-electron chi connectivity index (χ4n) is 2.83. The fraction of sp³-hybridized carbons (Fsp3) is 0.333. The van der Waals surface area contributed by atoms with E-state index < -0.39 is 5.97 Å². The highest BCUT2D eigenvalue weighted by Crippen LogP contribution is 2.34. The van der Waals surface area contributed by atoms with Gasteiger partial charge < -0.3 is 5.11 Å². The zero-order valence-corrected chi connectivity index (χ0v) is 14.8. The number of benzene rings is 1. The highest BCUT2D eigenvalue weighted by Gasteiger charge is 2.22. The Kier molecular flexibility index (Phi) is 3.56. The zero-order chi connectivity index (χ0) is 16.9. The van der Waals surface area contributed by atoms with Crippen molar-refractivity contribution in [3.63, 3.8) is 0 Å². The van der Waals surface area contributed by atoms with Crippen molar-refractivity contribution in [1.82, 2.24) is 9.38 Å². The maximum Gasteiger partial charge on any atom is 0.354 e. The van der Waals surface area contributed by atoms with Crippen LogP contribution >= 0.6 is 11.3 Å². The summed E-state index contributed by atoms with van der Waals surface area (Å²) in [5.41, 5.74) is 4.08. The fourth-order valence-corrected chi connectivity index (χ4v) is 3.87. The summed E-state index contributed by atoms with van der Waals surface area (Å²) < 4.78 is 1.77. The molecule has 5 heteroatoms. The van der Waals surface area contributed by atoms with Crippen molar-refractivity contribution in [2.75, 3.05) is 0 Å². The second-order valence-electron chi connectivity index (χ2n) is 6.80. The van der Waals surface area contributed by atoms with Crippen LogP contribution in [0.2, 0.25) is 0 Å². The van der Waals surface area contributed by atoms with Crippen LogP contribution in [0.3, 0.4) is 0 Å². The Balaban J connectivity index is 2.23. The number of thiazole rings is 1. The molecule has 0 amide bonds. The van der Waals surface area contributed by atoms with E-state index in [0.717, 1.165) is 21.1 Å². The monoisotopic (exact) mass is 328 g/mol. The Bertz CT molecular complexity index is 896. The number of carboxylic acids is 1. The molecular weight excluding hydrogens is 308 g/mol. The number of hydrogen-bond acceptors (Lipinski definition) is 3. The molecule has 2 aromatic heterocycles. The maximum absolute atomic E-state index is 11.6. The normalized spacial score (nSPS) is 12.0. The molecule has 0 saturated carbocycles. The van der Waals surface area contributed by atoms with Gasteiger partial charge in [-0.05, 0) is 30.4 Å². The molecule has 0 aliphatic carbocycles. The molecule has 0 atom stereocenters. The third-order valence-corrected chi connectivity index (χ3v) is 5.01. The number of nitrogens with zero attached hydrogens (tertiary/aromatic N) is 2.